The van der Waals surface area contributed by atoms with Gasteiger partial charge < -0.3 is 0 Å². The van der Waals surface area contributed by atoms with Crippen LogP contribution >= 0.6 is 11.3 Å². The average Bonchev–Trinajstić information content (AvgIpc) is 3.15. The molecule has 1 heterocycles. The molecule has 0 atom stereocenters. The summed E-state index contributed by atoms with van der Waals surface area (Å²) >= 11 is 1.36. The number of nitro benzene ring substituents is 1. The molecule has 0 aliphatic heterocycles. The Balaban J connectivity index is 1.62. The fraction of sp³-hybridized carbons (Fsp3) is 0.100. The van der Waals surface area contributed by atoms with E-state index >= 15 is 0 Å². The highest BCUT2D eigenvalue weighted by Gasteiger charge is 2.07. The van der Waals surface area contributed by atoms with Crippen LogP contribution < -0.4 is 5.32 Å². The Hall–Kier alpha value is -3.32. The van der Waals surface area contributed by atoms with Crippen molar-refractivity contribution in [3.63, 3.8) is 0 Å². The lowest BCUT2D eigenvalue weighted by molar-refractivity contribution is -0.384. The van der Waals surface area contributed by atoms with Gasteiger partial charge >= 0.3 is 0 Å². The first kappa shape index (κ1) is 18.5. The van der Waals surface area contributed by atoms with E-state index in [2.05, 4.69) is 29.4 Å². The number of nitrogens with zero attached hydrogens (tertiary/aromatic N) is 2. The Labute approximate surface area is 160 Å². The van der Waals surface area contributed by atoms with Crippen molar-refractivity contribution >= 4 is 34.1 Å². The summed E-state index contributed by atoms with van der Waals surface area (Å²) in [5.41, 5.74) is 3.80. The third-order valence-corrected chi connectivity index (χ3v) is 4.68. The third-order valence-electron chi connectivity index (χ3n) is 3.92. The van der Waals surface area contributed by atoms with Crippen molar-refractivity contribution in [1.82, 2.24) is 4.98 Å². The summed E-state index contributed by atoms with van der Waals surface area (Å²) in [4.78, 5) is 26.7. The number of benzene rings is 2. The van der Waals surface area contributed by atoms with E-state index in [1.165, 1.54) is 35.1 Å². The Bertz CT molecular complexity index is 976. The lowest BCUT2D eigenvalue weighted by Crippen LogP contribution is -2.07. The first-order valence-corrected chi connectivity index (χ1v) is 9.21. The van der Waals surface area contributed by atoms with Gasteiger partial charge in [0.05, 0.1) is 10.6 Å². The van der Waals surface area contributed by atoms with Crippen molar-refractivity contribution in [2.45, 2.75) is 13.3 Å². The molecule has 0 unspecified atom stereocenters. The number of rotatable bonds is 6. The average molecular weight is 379 g/mol. The second-order valence-corrected chi connectivity index (χ2v) is 6.62. The monoisotopic (exact) mass is 379 g/mol. The molecule has 0 radical (unpaired) electrons. The molecule has 1 aromatic heterocycles. The number of anilines is 1. The minimum Gasteiger partial charge on any atom is -0.298 e. The molecule has 27 heavy (non-hydrogen) atoms. The number of aromatic nitrogens is 1. The number of nitrogens with one attached hydrogen (secondary N) is 1. The van der Waals surface area contributed by atoms with Crippen LogP contribution in [0.4, 0.5) is 10.8 Å². The quantitative estimate of drug-likeness (QED) is 0.374. The largest absolute Gasteiger partial charge is 0.298 e. The molecule has 0 saturated heterocycles. The number of carbonyl (C=O) groups is 1. The molecule has 7 heteroatoms. The molecule has 1 amide bonds. The minimum absolute atomic E-state index is 0.0129. The molecule has 1 N–H and O–H groups in total. The highest BCUT2D eigenvalue weighted by atomic mass is 32.1. The van der Waals surface area contributed by atoms with E-state index in [0.29, 0.717) is 10.7 Å². The van der Waals surface area contributed by atoms with E-state index in [1.807, 2.05) is 17.5 Å². The zero-order valence-electron chi connectivity index (χ0n) is 14.6. The fourth-order valence-electron chi connectivity index (χ4n) is 2.40. The van der Waals surface area contributed by atoms with E-state index in [0.717, 1.165) is 17.7 Å². The van der Waals surface area contributed by atoms with E-state index in [4.69, 9.17) is 0 Å². The van der Waals surface area contributed by atoms with Crippen LogP contribution in [0.15, 0.2) is 60.0 Å². The normalized spacial score (nSPS) is 10.9. The summed E-state index contributed by atoms with van der Waals surface area (Å²) in [6.07, 6.45) is 3.95. The lowest BCUT2D eigenvalue weighted by atomic mass is 10.1. The Morgan fingerprint density at radius 3 is 2.52 bits per heavy atom. The van der Waals surface area contributed by atoms with Crippen molar-refractivity contribution in [1.29, 1.82) is 0 Å². The molecule has 2 aromatic carbocycles. The topological polar surface area (TPSA) is 85.1 Å². The van der Waals surface area contributed by atoms with Crippen LogP contribution in [0, 0.1) is 10.1 Å². The number of carbonyl (C=O) groups excluding carboxylic acids is 1. The molecule has 3 rings (SSSR count). The third kappa shape index (κ3) is 4.86. The van der Waals surface area contributed by atoms with E-state index < -0.39 is 4.92 Å². The van der Waals surface area contributed by atoms with Crippen molar-refractivity contribution in [3.05, 3.63) is 81.2 Å². The number of non-ortho nitro benzene ring substituents is 1. The van der Waals surface area contributed by atoms with Crippen LogP contribution in [-0.2, 0) is 11.2 Å². The molecular formula is C20H17N3O3S. The van der Waals surface area contributed by atoms with Crippen LogP contribution in [0.3, 0.4) is 0 Å². The second-order valence-electron chi connectivity index (χ2n) is 5.76. The van der Waals surface area contributed by atoms with Gasteiger partial charge in [0.25, 0.3) is 5.69 Å². The molecule has 0 spiro atoms. The number of nitro groups is 1. The maximum absolute atomic E-state index is 12.1. The van der Waals surface area contributed by atoms with Crippen molar-refractivity contribution in [2.75, 3.05) is 5.32 Å². The van der Waals surface area contributed by atoms with Gasteiger partial charge in [-0.25, -0.2) is 4.98 Å². The Morgan fingerprint density at radius 1 is 1.19 bits per heavy atom. The molecule has 0 aliphatic rings. The van der Waals surface area contributed by atoms with Crippen molar-refractivity contribution < 1.29 is 9.72 Å². The Morgan fingerprint density at radius 2 is 1.89 bits per heavy atom. The smallest absolute Gasteiger partial charge is 0.269 e. The summed E-state index contributed by atoms with van der Waals surface area (Å²) in [5, 5.41) is 15.8. The van der Waals surface area contributed by atoms with Crippen LogP contribution in [-0.4, -0.2) is 15.8 Å². The maximum atomic E-state index is 12.1. The SMILES string of the molecule is CCc1ccc(-c2csc(NC(=O)/C=C/c3ccc([N+](=O)[O-])cc3)n2)cc1. The molecule has 0 aliphatic carbocycles. The highest BCUT2D eigenvalue weighted by molar-refractivity contribution is 7.14. The minimum atomic E-state index is -0.462. The molecule has 0 saturated carbocycles. The molecule has 6 nitrogen and oxygen atoms in total. The first-order valence-electron chi connectivity index (χ1n) is 8.33. The lowest BCUT2D eigenvalue weighted by Gasteiger charge is -1.99. The number of amides is 1. The first-order chi connectivity index (χ1) is 13.0. The number of hydrogen-bond donors (Lipinski definition) is 1. The summed E-state index contributed by atoms with van der Waals surface area (Å²) < 4.78 is 0. The van der Waals surface area contributed by atoms with Gasteiger partial charge in [-0.3, -0.25) is 20.2 Å². The van der Waals surface area contributed by atoms with Crippen LogP contribution in [0.5, 0.6) is 0 Å². The van der Waals surface area contributed by atoms with Gasteiger partial charge in [0.1, 0.15) is 0 Å². The molecular weight excluding hydrogens is 362 g/mol. The summed E-state index contributed by atoms with van der Waals surface area (Å²) in [6, 6.07) is 14.2. The van der Waals surface area contributed by atoms with E-state index in [9.17, 15) is 14.9 Å². The van der Waals surface area contributed by atoms with E-state index in [1.54, 1.807) is 18.2 Å². The predicted octanol–water partition coefficient (Wildman–Crippen LogP) is 4.93. The molecule has 0 bridgehead atoms. The van der Waals surface area contributed by atoms with E-state index in [-0.39, 0.29) is 11.6 Å². The summed E-state index contributed by atoms with van der Waals surface area (Å²) in [6.45, 7) is 2.11. The van der Waals surface area contributed by atoms with Gasteiger partial charge in [0.2, 0.25) is 5.91 Å². The highest BCUT2D eigenvalue weighted by Crippen LogP contribution is 2.25. The number of hydrogen-bond acceptors (Lipinski definition) is 5. The zero-order valence-corrected chi connectivity index (χ0v) is 15.4. The van der Waals surface area contributed by atoms with Gasteiger partial charge in [-0.2, -0.15) is 0 Å². The van der Waals surface area contributed by atoms with Crippen LogP contribution in [0.2, 0.25) is 0 Å². The predicted molar refractivity (Wildman–Crippen MR) is 108 cm³/mol. The van der Waals surface area contributed by atoms with Gasteiger partial charge in [0.15, 0.2) is 5.13 Å². The van der Waals surface area contributed by atoms with Gasteiger partial charge in [0, 0.05) is 29.2 Å². The van der Waals surface area contributed by atoms with Gasteiger partial charge in [-0.15, -0.1) is 11.3 Å². The van der Waals surface area contributed by atoms with Crippen molar-refractivity contribution in [2.24, 2.45) is 0 Å². The standard InChI is InChI=1S/C20H17N3O3S/c1-2-14-3-8-16(9-4-14)18-13-27-20(21-18)22-19(24)12-7-15-5-10-17(11-6-15)23(25)26/h3-13H,2H2,1H3,(H,21,22,24)/b12-7+. The second kappa shape index (κ2) is 8.37. The number of aryl methyl sites for hydroxylation is 1. The summed E-state index contributed by atoms with van der Waals surface area (Å²) in [7, 11) is 0. The van der Waals surface area contributed by atoms with Crippen LogP contribution in [0.25, 0.3) is 17.3 Å². The van der Waals surface area contributed by atoms with Crippen LogP contribution in [0.1, 0.15) is 18.1 Å². The Kier molecular flexibility index (Phi) is 5.73. The van der Waals surface area contributed by atoms with Crippen molar-refractivity contribution in [3.8, 4) is 11.3 Å². The maximum Gasteiger partial charge on any atom is 0.269 e. The fourth-order valence-corrected chi connectivity index (χ4v) is 3.12. The van der Waals surface area contributed by atoms with Gasteiger partial charge in [-0.1, -0.05) is 31.2 Å². The molecule has 136 valence electrons. The molecule has 3 aromatic rings. The van der Waals surface area contributed by atoms with Gasteiger partial charge in [-0.05, 0) is 35.8 Å². The number of thiazole rings is 1. The molecule has 0 fully saturated rings. The zero-order chi connectivity index (χ0) is 19.2. The summed E-state index contributed by atoms with van der Waals surface area (Å²) in [5.74, 6) is -0.310.